The Balaban J connectivity index is 1.84. The molecule has 1 N–H and O–H groups in total. The van der Waals surface area contributed by atoms with Gasteiger partial charge in [0.1, 0.15) is 0 Å². The minimum absolute atomic E-state index is 0.267. The first-order valence-electron chi connectivity index (χ1n) is 7.75. The molecule has 1 aliphatic heterocycles. The third-order valence-corrected chi connectivity index (χ3v) is 4.39. The second-order valence-electron chi connectivity index (χ2n) is 5.35. The number of nitrogens with one attached hydrogen (secondary N) is 1. The van der Waals surface area contributed by atoms with Crippen LogP contribution in [0.4, 0.5) is 5.69 Å². The van der Waals surface area contributed by atoms with E-state index in [2.05, 4.69) is 21.2 Å². The van der Waals surface area contributed by atoms with Crippen molar-refractivity contribution in [2.45, 2.75) is 6.42 Å². The second-order valence-corrected chi connectivity index (χ2v) is 6.21. The Kier molecular flexibility index (Phi) is 5.33. The summed E-state index contributed by atoms with van der Waals surface area (Å²) in [5.74, 6) is 2.07. The lowest BCUT2D eigenvalue weighted by Crippen LogP contribution is -2.12. The molecular weight excluding hydrogens is 390 g/mol. The molecule has 6 nitrogen and oxygen atoms in total. The Labute approximate surface area is 154 Å². The molecule has 0 spiro atoms. The van der Waals surface area contributed by atoms with Crippen LogP contribution in [0.3, 0.4) is 0 Å². The van der Waals surface area contributed by atoms with Gasteiger partial charge in [-0.25, -0.2) is 0 Å². The van der Waals surface area contributed by atoms with Gasteiger partial charge in [-0.3, -0.25) is 4.79 Å². The molecule has 1 aliphatic rings. The molecular formula is C18H18BrNO5. The summed E-state index contributed by atoms with van der Waals surface area (Å²) in [4.78, 5) is 12.6. The Morgan fingerprint density at radius 2 is 1.72 bits per heavy atom. The van der Waals surface area contributed by atoms with Crippen molar-refractivity contribution >= 4 is 27.5 Å². The molecule has 1 amide bonds. The van der Waals surface area contributed by atoms with Crippen molar-refractivity contribution in [3.05, 3.63) is 40.4 Å². The summed E-state index contributed by atoms with van der Waals surface area (Å²) < 4.78 is 22.4. The molecule has 7 heteroatoms. The van der Waals surface area contributed by atoms with Gasteiger partial charge in [0.05, 0.1) is 33.1 Å². The van der Waals surface area contributed by atoms with Crippen LogP contribution in [0.5, 0.6) is 23.0 Å². The van der Waals surface area contributed by atoms with Gasteiger partial charge in [-0.2, -0.15) is 0 Å². The molecule has 1 heterocycles. The monoisotopic (exact) mass is 407 g/mol. The molecule has 0 unspecified atom stereocenters. The summed E-state index contributed by atoms with van der Waals surface area (Å²) in [6, 6.07) is 8.55. The molecule has 2 aromatic carbocycles. The van der Waals surface area contributed by atoms with E-state index in [1.807, 2.05) is 0 Å². The standard InChI is InChI=1S/C18H18BrNO5/c1-22-14-5-4-11(8-15(14)23-2)18(21)20-13-10-17-16(9-12(13)19)24-6-3-7-25-17/h4-5,8-10H,3,6-7H2,1-2H3,(H,20,21). The minimum atomic E-state index is -0.267. The number of halogens is 1. The number of benzene rings is 2. The molecule has 2 aromatic rings. The number of ether oxygens (including phenoxy) is 4. The summed E-state index contributed by atoms with van der Waals surface area (Å²) in [6.45, 7) is 1.19. The number of methoxy groups -OCH3 is 2. The number of amides is 1. The van der Waals surface area contributed by atoms with Crippen LogP contribution >= 0.6 is 15.9 Å². The van der Waals surface area contributed by atoms with Gasteiger partial charge in [-0.15, -0.1) is 0 Å². The summed E-state index contributed by atoms with van der Waals surface area (Å²) >= 11 is 3.46. The van der Waals surface area contributed by atoms with Gasteiger partial charge in [0.2, 0.25) is 0 Å². The Hall–Kier alpha value is -2.41. The highest BCUT2D eigenvalue weighted by atomic mass is 79.9. The normalized spacial score (nSPS) is 12.9. The van der Waals surface area contributed by atoms with Crippen molar-refractivity contribution in [3.63, 3.8) is 0 Å². The highest BCUT2D eigenvalue weighted by molar-refractivity contribution is 9.10. The number of carbonyl (C=O) groups is 1. The predicted molar refractivity (Wildman–Crippen MR) is 97.2 cm³/mol. The fraction of sp³-hybridized carbons (Fsp3) is 0.278. The van der Waals surface area contributed by atoms with Gasteiger partial charge < -0.3 is 24.3 Å². The zero-order chi connectivity index (χ0) is 17.8. The van der Waals surface area contributed by atoms with Gasteiger partial charge >= 0.3 is 0 Å². The molecule has 0 radical (unpaired) electrons. The lowest BCUT2D eigenvalue weighted by molar-refractivity contribution is 0.102. The van der Waals surface area contributed by atoms with Crippen LogP contribution in [-0.4, -0.2) is 33.3 Å². The third-order valence-electron chi connectivity index (χ3n) is 3.73. The van der Waals surface area contributed by atoms with E-state index in [4.69, 9.17) is 18.9 Å². The van der Waals surface area contributed by atoms with Gasteiger partial charge in [0.15, 0.2) is 23.0 Å². The van der Waals surface area contributed by atoms with E-state index < -0.39 is 0 Å². The lowest BCUT2D eigenvalue weighted by Gasteiger charge is -2.13. The van der Waals surface area contributed by atoms with Gasteiger partial charge in [0.25, 0.3) is 5.91 Å². The average molecular weight is 408 g/mol. The van der Waals surface area contributed by atoms with Gasteiger partial charge in [0, 0.05) is 28.6 Å². The van der Waals surface area contributed by atoms with Crippen molar-refractivity contribution in [3.8, 4) is 23.0 Å². The largest absolute Gasteiger partial charge is 0.493 e. The summed E-state index contributed by atoms with van der Waals surface area (Å²) in [5, 5.41) is 2.87. The molecule has 0 saturated heterocycles. The maximum absolute atomic E-state index is 12.6. The van der Waals surface area contributed by atoms with Gasteiger partial charge in [-0.05, 0) is 34.1 Å². The molecule has 0 aromatic heterocycles. The first-order chi connectivity index (χ1) is 12.1. The Morgan fingerprint density at radius 1 is 1.04 bits per heavy atom. The molecule has 0 atom stereocenters. The highest BCUT2D eigenvalue weighted by Gasteiger charge is 2.17. The van der Waals surface area contributed by atoms with Crippen molar-refractivity contribution in [1.29, 1.82) is 0 Å². The van der Waals surface area contributed by atoms with Crippen LogP contribution in [0.1, 0.15) is 16.8 Å². The lowest BCUT2D eigenvalue weighted by atomic mass is 10.1. The van der Waals surface area contributed by atoms with Crippen LogP contribution in [0.15, 0.2) is 34.8 Å². The van der Waals surface area contributed by atoms with Crippen LogP contribution < -0.4 is 24.3 Å². The number of fused-ring (bicyclic) bond motifs is 1. The van der Waals surface area contributed by atoms with Crippen molar-refractivity contribution in [2.75, 3.05) is 32.8 Å². The minimum Gasteiger partial charge on any atom is -0.493 e. The second kappa shape index (κ2) is 7.65. The number of anilines is 1. The maximum atomic E-state index is 12.6. The average Bonchev–Trinajstić information content (AvgIpc) is 2.86. The fourth-order valence-electron chi connectivity index (χ4n) is 2.45. The number of hydrogen-bond acceptors (Lipinski definition) is 5. The molecule has 132 valence electrons. The van der Waals surface area contributed by atoms with Crippen LogP contribution in [0, 0.1) is 0 Å². The fourth-order valence-corrected chi connectivity index (χ4v) is 2.87. The maximum Gasteiger partial charge on any atom is 0.255 e. The highest BCUT2D eigenvalue weighted by Crippen LogP contribution is 2.38. The molecule has 3 rings (SSSR count). The van der Waals surface area contributed by atoms with E-state index in [1.54, 1.807) is 37.4 Å². The van der Waals surface area contributed by atoms with Gasteiger partial charge in [-0.1, -0.05) is 0 Å². The molecule has 0 bridgehead atoms. The summed E-state index contributed by atoms with van der Waals surface area (Å²) in [5.41, 5.74) is 1.06. The number of rotatable bonds is 4. The van der Waals surface area contributed by atoms with Crippen molar-refractivity contribution in [1.82, 2.24) is 0 Å². The van der Waals surface area contributed by atoms with E-state index in [-0.39, 0.29) is 5.91 Å². The number of carbonyl (C=O) groups excluding carboxylic acids is 1. The van der Waals surface area contributed by atoms with Crippen LogP contribution in [0.2, 0.25) is 0 Å². The molecule has 0 saturated carbocycles. The van der Waals surface area contributed by atoms with E-state index in [9.17, 15) is 4.79 Å². The van der Waals surface area contributed by atoms with Crippen LogP contribution in [-0.2, 0) is 0 Å². The number of hydrogen-bond donors (Lipinski definition) is 1. The summed E-state index contributed by atoms with van der Waals surface area (Å²) in [6.07, 6.45) is 0.819. The zero-order valence-corrected chi connectivity index (χ0v) is 15.5. The third kappa shape index (κ3) is 3.82. The zero-order valence-electron chi connectivity index (χ0n) is 13.9. The van der Waals surface area contributed by atoms with Crippen molar-refractivity contribution in [2.24, 2.45) is 0 Å². The first kappa shape index (κ1) is 17.4. The van der Waals surface area contributed by atoms with Crippen molar-refractivity contribution < 1.29 is 23.7 Å². The predicted octanol–water partition coefficient (Wildman–Crippen LogP) is 3.88. The quantitative estimate of drug-likeness (QED) is 0.832. The summed E-state index contributed by atoms with van der Waals surface area (Å²) in [7, 11) is 3.08. The van der Waals surface area contributed by atoms with Crippen LogP contribution in [0.25, 0.3) is 0 Å². The topological polar surface area (TPSA) is 66.0 Å². The smallest absolute Gasteiger partial charge is 0.255 e. The molecule has 0 aliphatic carbocycles. The van der Waals surface area contributed by atoms with E-state index in [0.29, 0.717) is 51.9 Å². The van der Waals surface area contributed by atoms with E-state index in [0.717, 1.165) is 6.42 Å². The SMILES string of the molecule is COc1ccc(C(=O)Nc2cc3c(cc2Br)OCCCO3)cc1OC. The Bertz CT molecular complexity index is 793. The Morgan fingerprint density at radius 3 is 2.40 bits per heavy atom. The van der Waals surface area contributed by atoms with E-state index >= 15 is 0 Å². The first-order valence-corrected chi connectivity index (χ1v) is 8.54. The molecule has 0 fully saturated rings. The molecule has 25 heavy (non-hydrogen) atoms. The van der Waals surface area contributed by atoms with E-state index in [1.165, 1.54) is 7.11 Å².